The molecule has 0 saturated carbocycles. The Labute approximate surface area is 136 Å². The molecule has 1 aromatic carbocycles. The van der Waals surface area contributed by atoms with E-state index in [1.807, 2.05) is 25.2 Å². The Balaban J connectivity index is 1.83. The minimum Gasteiger partial charge on any atom is -0.507 e. The third-order valence-corrected chi connectivity index (χ3v) is 4.43. The van der Waals surface area contributed by atoms with Gasteiger partial charge in [0.05, 0.1) is 11.4 Å². The van der Waals surface area contributed by atoms with Crippen molar-refractivity contribution in [1.29, 1.82) is 0 Å². The van der Waals surface area contributed by atoms with Gasteiger partial charge in [-0.2, -0.15) is 0 Å². The number of hydrogen-bond acceptors (Lipinski definition) is 6. The van der Waals surface area contributed by atoms with E-state index in [9.17, 15) is 5.11 Å². The number of nitrogens with two attached hydrogens (primary N) is 1. The molecule has 1 aliphatic rings. The predicted molar refractivity (Wildman–Crippen MR) is 92.4 cm³/mol. The van der Waals surface area contributed by atoms with E-state index >= 15 is 0 Å². The van der Waals surface area contributed by atoms with Crippen molar-refractivity contribution in [2.45, 2.75) is 12.8 Å². The molecular formula is C17H23N5O. The van der Waals surface area contributed by atoms with Crippen molar-refractivity contribution in [1.82, 2.24) is 15.5 Å². The maximum atomic E-state index is 10.0. The van der Waals surface area contributed by atoms with Gasteiger partial charge < -0.3 is 21.1 Å². The number of aromatic nitrogens is 2. The number of phenols is 1. The number of aromatic hydroxyl groups is 1. The summed E-state index contributed by atoms with van der Waals surface area (Å²) >= 11 is 0. The summed E-state index contributed by atoms with van der Waals surface area (Å²) in [4.78, 5) is 2.26. The zero-order valence-electron chi connectivity index (χ0n) is 13.4. The van der Waals surface area contributed by atoms with Crippen LogP contribution in [0.15, 0.2) is 30.3 Å². The van der Waals surface area contributed by atoms with Crippen LogP contribution < -0.4 is 16.0 Å². The van der Waals surface area contributed by atoms with Gasteiger partial charge >= 0.3 is 0 Å². The van der Waals surface area contributed by atoms with Crippen LogP contribution in [0.4, 0.5) is 11.5 Å². The minimum absolute atomic E-state index is 0.199. The highest BCUT2D eigenvalue weighted by Gasteiger charge is 2.21. The summed E-state index contributed by atoms with van der Waals surface area (Å²) in [5, 5.41) is 21.5. The normalized spacial score (nSPS) is 15.8. The Morgan fingerprint density at radius 2 is 2.00 bits per heavy atom. The van der Waals surface area contributed by atoms with Crippen molar-refractivity contribution in [3.63, 3.8) is 0 Å². The van der Waals surface area contributed by atoms with Gasteiger partial charge in [-0.3, -0.25) is 0 Å². The van der Waals surface area contributed by atoms with E-state index < -0.39 is 0 Å². The van der Waals surface area contributed by atoms with Crippen LogP contribution in [0.25, 0.3) is 11.3 Å². The predicted octanol–water partition coefficient (Wildman–Crippen LogP) is 1.87. The number of nitrogen functional groups attached to an aromatic ring is 1. The Hall–Kier alpha value is -2.34. The summed E-state index contributed by atoms with van der Waals surface area (Å²) in [5.41, 5.74) is 8.26. The highest BCUT2D eigenvalue weighted by Crippen LogP contribution is 2.32. The molecule has 2 aromatic rings. The fourth-order valence-corrected chi connectivity index (χ4v) is 3.13. The number of nitrogens with one attached hydrogen (secondary N) is 1. The molecule has 1 fully saturated rings. The molecule has 4 N–H and O–H groups in total. The van der Waals surface area contributed by atoms with Crippen LogP contribution in [-0.4, -0.2) is 42.0 Å². The van der Waals surface area contributed by atoms with Crippen LogP contribution in [0.5, 0.6) is 5.75 Å². The first-order chi connectivity index (χ1) is 11.2. The van der Waals surface area contributed by atoms with E-state index in [-0.39, 0.29) is 5.75 Å². The molecule has 3 rings (SSSR count). The molecule has 6 nitrogen and oxygen atoms in total. The molecule has 0 spiro atoms. The smallest absolute Gasteiger partial charge is 0.169 e. The number of nitrogens with zero attached hydrogens (tertiary/aromatic N) is 3. The van der Waals surface area contributed by atoms with Crippen molar-refractivity contribution >= 4 is 11.5 Å². The van der Waals surface area contributed by atoms with Crippen LogP contribution >= 0.6 is 0 Å². The lowest BCUT2D eigenvalue weighted by Gasteiger charge is -2.33. The van der Waals surface area contributed by atoms with Crippen LogP contribution in [0, 0.1) is 5.92 Å². The molecular weight excluding hydrogens is 290 g/mol. The SMILES string of the molecule is CNCC1CCN(c2cc(-c3ccccc3O)nnc2N)CC1. The van der Waals surface area contributed by atoms with Gasteiger partial charge in [0, 0.05) is 18.7 Å². The van der Waals surface area contributed by atoms with Crippen LogP contribution in [0.1, 0.15) is 12.8 Å². The summed E-state index contributed by atoms with van der Waals surface area (Å²) in [6.45, 7) is 2.98. The van der Waals surface area contributed by atoms with E-state index in [1.54, 1.807) is 12.1 Å². The lowest BCUT2D eigenvalue weighted by Crippen LogP contribution is -2.37. The van der Waals surface area contributed by atoms with Gasteiger partial charge in [0.25, 0.3) is 0 Å². The van der Waals surface area contributed by atoms with E-state index in [2.05, 4.69) is 20.4 Å². The first-order valence-electron chi connectivity index (χ1n) is 8.00. The number of hydrogen-bond donors (Lipinski definition) is 3. The van der Waals surface area contributed by atoms with Crippen LogP contribution in [0.2, 0.25) is 0 Å². The van der Waals surface area contributed by atoms with E-state index in [0.717, 1.165) is 38.2 Å². The Morgan fingerprint density at radius 3 is 2.70 bits per heavy atom. The molecule has 0 atom stereocenters. The second-order valence-electron chi connectivity index (χ2n) is 6.01. The first kappa shape index (κ1) is 15.6. The van der Waals surface area contributed by atoms with Gasteiger partial charge in [0.2, 0.25) is 0 Å². The molecule has 1 aliphatic heterocycles. The number of rotatable bonds is 4. The molecule has 6 heteroatoms. The van der Waals surface area contributed by atoms with Gasteiger partial charge in [0.15, 0.2) is 5.82 Å². The molecule has 0 aliphatic carbocycles. The second-order valence-corrected chi connectivity index (χ2v) is 6.01. The number of anilines is 2. The maximum absolute atomic E-state index is 10.0. The second kappa shape index (κ2) is 6.83. The van der Waals surface area contributed by atoms with E-state index in [4.69, 9.17) is 5.73 Å². The average Bonchev–Trinajstić information content (AvgIpc) is 2.57. The van der Waals surface area contributed by atoms with Gasteiger partial charge in [0.1, 0.15) is 5.75 Å². The van der Waals surface area contributed by atoms with Crippen molar-refractivity contribution in [2.24, 2.45) is 5.92 Å². The first-order valence-corrected chi connectivity index (χ1v) is 8.00. The molecule has 122 valence electrons. The zero-order valence-corrected chi connectivity index (χ0v) is 13.4. The summed E-state index contributed by atoms with van der Waals surface area (Å²) in [6, 6.07) is 9.07. The highest BCUT2D eigenvalue weighted by atomic mass is 16.3. The van der Waals surface area contributed by atoms with Gasteiger partial charge in [-0.15, -0.1) is 10.2 Å². The highest BCUT2D eigenvalue weighted by molar-refractivity contribution is 5.74. The van der Waals surface area contributed by atoms with Crippen molar-refractivity contribution in [2.75, 3.05) is 37.3 Å². The lowest BCUT2D eigenvalue weighted by atomic mass is 9.96. The largest absolute Gasteiger partial charge is 0.507 e. The fraction of sp³-hybridized carbons (Fsp3) is 0.412. The monoisotopic (exact) mass is 313 g/mol. The third-order valence-electron chi connectivity index (χ3n) is 4.43. The molecule has 0 radical (unpaired) electrons. The molecule has 0 bridgehead atoms. The molecule has 0 amide bonds. The van der Waals surface area contributed by atoms with Crippen molar-refractivity contribution < 1.29 is 5.11 Å². The van der Waals surface area contributed by atoms with Crippen molar-refractivity contribution in [3.8, 4) is 17.0 Å². The molecule has 23 heavy (non-hydrogen) atoms. The minimum atomic E-state index is 0.199. The molecule has 1 saturated heterocycles. The molecule has 0 unspecified atom stereocenters. The Bertz CT molecular complexity index is 668. The Morgan fingerprint density at radius 1 is 1.26 bits per heavy atom. The van der Waals surface area contributed by atoms with E-state index in [1.165, 1.54) is 0 Å². The van der Waals surface area contributed by atoms with Crippen molar-refractivity contribution in [3.05, 3.63) is 30.3 Å². The van der Waals surface area contributed by atoms with Gasteiger partial charge in [-0.25, -0.2) is 0 Å². The van der Waals surface area contributed by atoms with Gasteiger partial charge in [-0.05, 0) is 50.6 Å². The summed E-state index contributed by atoms with van der Waals surface area (Å²) in [6.07, 6.45) is 2.27. The molecule has 1 aromatic heterocycles. The van der Waals surface area contributed by atoms with E-state index in [0.29, 0.717) is 23.0 Å². The summed E-state index contributed by atoms with van der Waals surface area (Å²) in [5.74, 6) is 1.35. The lowest BCUT2D eigenvalue weighted by molar-refractivity contribution is 0.393. The summed E-state index contributed by atoms with van der Waals surface area (Å²) in [7, 11) is 2.00. The topological polar surface area (TPSA) is 87.3 Å². The zero-order chi connectivity index (χ0) is 16.2. The number of piperidine rings is 1. The Kier molecular flexibility index (Phi) is 4.62. The average molecular weight is 313 g/mol. The number of phenolic OH excluding ortho intramolecular Hbond substituents is 1. The van der Waals surface area contributed by atoms with Crippen LogP contribution in [-0.2, 0) is 0 Å². The maximum Gasteiger partial charge on any atom is 0.169 e. The fourth-order valence-electron chi connectivity index (χ4n) is 3.13. The standard InChI is InChI=1S/C17H23N5O/c1-19-11-12-6-8-22(9-7-12)15-10-14(20-21-17(15)18)13-4-2-3-5-16(13)23/h2-5,10,12,19,23H,6-9,11H2,1H3,(H2,18,21). The van der Waals surface area contributed by atoms with Crippen LogP contribution in [0.3, 0.4) is 0 Å². The van der Waals surface area contributed by atoms with Gasteiger partial charge in [-0.1, -0.05) is 12.1 Å². The number of para-hydroxylation sites is 1. The number of benzene rings is 1. The summed E-state index contributed by atoms with van der Waals surface area (Å²) < 4.78 is 0. The third kappa shape index (κ3) is 3.37. The quantitative estimate of drug-likeness (QED) is 0.799. The molecule has 2 heterocycles.